The maximum absolute atomic E-state index is 12.1. The van der Waals surface area contributed by atoms with Gasteiger partial charge in [-0.3, -0.25) is 4.90 Å². The molecule has 0 unspecified atom stereocenters. The summed E-state index contributed by atoms with van der Waals surface area (Å²) in [6.45, 7) is 3.57. The molecule has 0 atom stereocenters. The zero-order valence-corrected chi connectivity index (χ0v) is 16.1. The molecule has 2 fully saturated rings. The van der Waals surface area contributed by atoms with Crippen molar-refractivity contribution in [1.82, 2.24) is 15.5 Å². The second kappa shape index (κ2) is 10.0. The summed E-state index contributed by atoms with van der Waals surface area (Å²) in [6.07, 6.45) is 8.03. The summed E-state index contributed by atoms with van der Waals surface area (Å²) in [5.41, 5.74) is 0. The normalized spacial score (nSPS) is 19.9. The van der Waals surface area contributed by atoms with Crippen LogP contribution in [0.25, 0.3) is 0 Å². The van der Waals surface area contributed by atoms with Gasteiger partial charge < -0.3 is 15.4 Å². The van der Waals surface area contributed by atoms with Crippen LogP contribution in [-0.2, 0) is 0 Å². The second-order valence-electron chi connectivity index (χ2n) is 7.37. The SMILES string of the molecule is O=C(NC1CCCCC1)NC1CCN(CCOc2ccc(Cl)cc2)CC1. The number of likely N-dealkylation sites (tertiary alicyclic amines) is 1. The number of ether oxygens (including phenoxy) is 1. The van der Waals surface area contributed by atoms with Crippen LogP contribution in [0.3, 0.4) is 0 Å². The molecule has 3 rings (SSSR count). The average molecular weight is 380 g/mol. The van der Waals surface area contributed by atoms with E-state index in [1.54, 1.807) is 0 Å². The quantitative estimate of drug-likeness (QED) is 0.790. The van der Waals surface area contributed by atoms with Gasteiger partial charge in [0.05, 0.1) is 0 Å². The van der Waals surface area contributed by atoms with Gasteiger partial charge in [0.1, 0.15) is 12.4 Å². The van der Waals surface area contributed by atoms with Gasteiger partial charge in [0.25, 0.3) is 0 Å². The van der Waals surface area contributed by atoms with E-state index in [9.17, 15) is 4.79 Å². The van der Waals surface area contributed by atoms with Crippen molar-refractivity contribution in [2.75, 3.05) is 26.2 Å². The molecule has 1 aromatic carbocycles. The van der Waals surface area contributed by atoms with E-state index in [2.05, 4.69) is 15.5 Å². The lowest BCUT2D eigenvalue weighted by Gasteiger charge is -2.32. The predicted molar refractivity (Wildman–Crippen MR) is 105 cm³/mol. The molecule has 0 radical (unpaired) electrons. The first-order valence-electron chi connectivity index (χ1n) is 9.87. The first kappa shape index (κ1) is 19.3. The third-order valence-corrected chi connectivity index (χ3v) is 5.61. The van der Waals surface area contributed by atoms with Crippen LogP contribution < -0.4 is 15.4 Å². The summed E-state index contributed by atoms with van der Waals surface area (Å²) >= 11 is 5.87. The predicted octanol–water partition coefficient (Wildman–Crippen LogP) is 3.82. The van der Waals surface area contributed by atoms with Gasteiger partial charge in [-0.05, 0) is 49.9 Å². The zero-order chi connectivity index (χ0) is 18.2. The van der Waals surface area contributed by atoms with Crippen LogP contribution in [0.1, 0.15) is 44.9 Å². The van der Waals surface area contributed by atoms with Gasteiger partial charge in [0.15, 0.2) is 0 Å². The van der Waals surface area contributed by atoms with Crippen LogP contribution >= 0.6 is 11.6 Å². The van der Waals surface area contributed by atoms with Gasteiger partial charge in [-0.25, -0.2) is 4.79 Å². The Hall–Kier alpha value is -1.46. The van der Waals surface area contributed by atoms with Gasteiger partial charge in [-0.1, -0.05) is 30.9 Å². The molecule has 1 aliphatic heterocycles. The number of piperidine rings is 1. The number of nitrogens with one attached hydrogen (secondary N) is 2. The number of rotatable bonds is 6. The van der Waals surface area contributed by atoms with Crippen molar-refractivity contribution in [3.05, 3.63) is 29.3 Å². The number of carbonyl (C=O) groups excluding carboxylic acids is 1. The third-order valence-electron chi connectivity index (χ3n) is 5.35. The van der Waals surface area contributed by atoms with Crippen LogP contribution in [-0.4, -0.2) is 49.3 Å². The van der Waals surface area contributed by atoms with Crippen molar-refractivity contribution in [2.24, 2.45) is 0 Å². The van der Waals surface area contributed by atoms with Gasteiger partial charge in [-0.2, -0.15) is 0 Å². The Balaban J connectivity index is 1.28. The summed E-state index contributed by atoms with van der Waals surface area (Å²) in [4.78, 5) is 14.5. The van der Waals surface area contributed by atoms with Crippen molar-refractivity contribution >= 4 is 17.6 Å². The molecule has 2 N–H and O–H groups in total. The average Bonchev–Trinajstić information content (AvgIpc) is 2.65. The van der Waals surface area contributed by atoms with Crippen LogP contribution in [0, 0.1) is 0 Å². The molecule has 1 aliphatic carbocycles. The molecule has 144 valence electrons. The third kappa shape index (κ3) is 6.36. The van der Waals surface area contributed by atoms with Crippen LogP contribution in [0.2, 0.25) is 5.02 Å². The van der Waals surface area contributed by atoms with E-state index in [0.717, 1.165) is 56.1 Å². The molecule has 1 aromatic rings. The Morgan fingerprint density at radius 2 is 1.62 bits per heavy atom. The highest BCUT2D eigenvalue weighted by Gasteiger charge is 2.22. The number of halogens is 1. The Morgan fingerprint density at radius 3 is 2.27 bits per heavy atom. The summed E-state index contributed by atoms with van der Waals surface area (Å²) < 4.78 is 5.76. The van der Waals surface area contributed by atoms with E-state index in [1.807, 2.05) is 24.3 Å². The Kier molecular flexibility index (Phi) is 7.44. The molecular weight excluding hydrogens is 350 g/mol. The smallest absolute Gasteiger partial charge is 0.315 e. The van der Waals surface area contributed by atoms with E-state index in [-0.39, 0.29) is 12.1 Å². The first-order valence-corrected chi connectivity index (χ1v) is 10.2. The Labute approximate surface area is 161 Å². The fourth-order valence-corrected chi connectivity index (χ4v) is 3.91. The molecular formula is C20H30ClN3O2. The molecule has 0 aromatic heterocycles. The summed E-state index contributed by atoms with van der Waals surface area (Å²) in [6, 6.07) is 8.13. The monoisotopic (exact) mass is 379 g/mol. The van der Waals surface area contributed by atoms with Gasteiger partial charge in [-0.15, -0.1) is 0 Å². The molecule has 2 aliphatic rings. The number of nitrogens with zero attached hydrogens (tertiary/aromatic N) is 1. The Bertz CT molecular complexity index is 553. The minimum atomic E-state index is 0.0152. The van der Waals surface area contributed by atoms with Crippen LogP contribution in [0.15, 0.2) is 24.3 Å². The summed E-state index contributed by atoms with van der Waals surface area (Å²) in [5, 5.41) is 7.02. The first-order chi connectivity index (χ1) is 12.7. The molecule has 0 spiro atoms. The molecule has 1 saturated heterocycles. The van der Waals surface area contributed by atoms with E-state index < -0.39 is 0 Å². The van der Waals surface area contributed by atoms with Crippen molar-refractivity contribution < 1.29 is 9.53 Å². The number of urea groups is 1. The van der Waals surface area contributed by atoms with Crippen molar-refractivity contribution in [3.8, 4) is 5.75 Å². The van der Waals surface area contributed by atoms with Gasteiger partial charge >= 0.3 is 6.03 Å². The largest absolute Gasteiger partial charge is 0.492 e. The molecule has 26 heavy (non-hydrogen) atoms. The van der Waals surface area contributed by atoms with Crippen molar-refractivity contribution in [2.45, 2.75) is 57.0 Å². The Morgan fingerprint density at radius 1 is 1.00 bits per heavy atom. The number of amides is 2. The minimum Gasteiger partial charge on any atom is -0.492 e. The summed E-state index contributed by atoms with van der Waals surface area (Å²) in [7, 11) is 0. The second-order valence-corrected chi connectivity index (χ2v) is 7.81. The highest BCUT2D eigenvalue weighted by atomic mass is 35.5. The lowest BCUT2D eigenvalue weighted by molar-refractivity contribution is 0.163. The topological polar surface area (TPSA) is 53.6 Å². The number of benzene rings is 1. The molecule has 2 amide bonds. The fraction of sp³-hybridized carbons (Fsp3) is 0.650. The van der Waals surface area contributed by atoms with Crippen molar-refractivity contribution in [1.29, 1.82) is 0 Å². The minimum absolute atomic E-state index is 0.0152. The fourth-order valence-electron chi connectivity index (χ4n) is 3.78. The summed E-state index contributed by atoms with van der Waals surface area (Å²) in [5.74, 6) is 0.852. The van der Waals surface area contributed by atoms with Crippen LogP contribution in [0.5, 0.6) is 5.75 Å². The van der Waals surface area contributed by atoms with E-state index >= 15 is 0 Å². The standard InChI is InChI=1S/C20H30ClN3O2/c21-16-6-8-19(9-7-16)26-15-14-24-12-10-18(11-13-24)23-20(25)22-17-4-2-1-3-5-17/h6-9,17-18H,1-5,10-15H2,(H2,22,23,25). The van der Waals surface area contributed by atoms with Gasteiger partial charge in [0, 0.05) is 36.7 Å². The zero-order valence-electron chi connectivity index (χ0n) is 15.4. The molecule has 6 heteroatoms. The lowest BCUT2D eigenvalue weighted by atomic mass is 9.96. The highest BCUT2D eigenvalue weighted by molar-refractivity contribution is 6.30. The van der Waals surface area contributed by atoms with Crippen molar-refractivity contribution in [3.63, 3.8) is 0 Å². The molecule has 1 saturated carbocycles. The van der Waals surface area contributed by atoms with E-state index in [1.165, 1.54) is 19.3 Å². The number of hydrogen-bond donors (Lipinski definition) is 2. The van der Waals surface area contributed by atoms with Gasteiger partial charge in [0.2, 0.25) is 0 Å². The maximum atomic E-state index is 12.1. The molecule has 5 nitrogen and oxygen atoms in total. The van der Waals surface area contributed by atoms with Crippen LogP contribution in [0.4, 0.5) is 4.79 Å². The molecule has 0 bridgehead atoms. The number of hydrogen-bond acceptors (Lipinski definition) is 3. The van der Waals surface area contributed by atoms with E-state index in [0.29, 0.717) is 12.6 Å². The van der Waals surface area contributed by atoms with E-state index in [4.69, 9.17) is 16.3 Å². The number of carbonyl (C=O) groups is 1. The maximum Gasteiger partial charge on any atom is 0.315 e. The molecule has 1 heterocycles. The highest BCUT2D eigenvalue weighted by Crippen LogP contribution is 2.18. The lowest BCUT2D eigenvalue weighted by Crippen LogP contribution is -2.50.